The Morgan fingerprint density at radius 1 is 1.16 bits per heavy atom. The molecule has 1 saturated carbocycles. The number of rotatable bonds is 4. The molecule has 1 aliphatic rings. The molecule has 1 fully saturated rings. The first kappa shape index (κ1) is 16.9. The molecular weight excluding hydrogens is 314 g/mol. The highest BCUT2D eigenvalue weighted by atomic mass is 16.5. The highest BCUT2D eigenvalue weighted by molar-refractivity contribution is 6.04. The molecule has 0 aromatic heterocycles. The van der Waals surface area contributed by atoms with Gasteiger partial charge in [-0.2, -0.15) is 5.26 Å². The third-order valence-electron chi connectivity index (χ3n) is 4.85. The Labute approximate surface area is 147 Å². The number of ether oxygens (including phenoxy) is 1. The van der Waals surface area contributed by atoms with Crippen LogP contribution in [0.15, 0.2) is 60.7 Å². The van der Waals surface area contributed by atoms with Crippen LogP contribution in [0.5, 0.6) is 0 Å². The fourth-order valence-corrected chi connectivity index (χ4v) is 3.79. The number of nitriles is 1. The average Bonchev–Trinajstić information content (AvgIpc) is 2.97. The first-order valence-corrected chi connectivity index (χ1v) is 8.35. The average molecular weight is 333 g/mol. The van der Waals surface area contributed by atoms with Gasteiger partial charge in [-0.05, 0) is 18.1 Å². The van der Waals surface area contributed by atoms with Gasteiger partial charge in [-0.1, -0.05) is 60.7 Å². The van der Waals surface area contributed by atoms with Crippen molar-refractivity contribution < 1.29 is 14.3 Å². The van der Waals surface area contributed by atoms with Crippen molar-refractivity contribution in [1.29, 1.82) is 5.26 Å². The van der Waals surface area contributed by atoms with E-state index in [0.29, 0.717) is 0 Å². The molecule has 3 unspecified atom stereocenters. The Bertz CT molecular complexity index is 810. The minimum Gasteiger partial charge on any atom is -0.465 e. The van der Waals surface area contributed by atoms with Gasteiger partial charge in [0.15, 0.2) is 0 Å². The molecule has 4 nitrogen and oxygen atoms in total. The summed E-state index contributed by atoms with van der Waals surface area (Å²) in [6.45, 7) is 1.92. The van der Waals surface area contributed by atoms with Crippen molar-refractivity contribution in [2.24, 2.45) is 5.92 Å². The Kier molecular flexibility index (Phi) is 4.67. The molecule has 3 atom stereocenters. The summed E-state index contributed by atoms with van der Waals surface area (Å²) in [6, 6.07) is 20.9. The zero-order chi connectivity index (χ0) is 17.9. The van der Waals surface area contributed by atoms with Gasteiger partial charge in [0.05, 0.1) is 18.1 Å². The van der Waals surface area contributed by atoms with Crippen molar-refractivity contribution in [2.45, 2.75) is 24.7 Å². The van der Waals surface area contributed by atoms with Crippen LogP contribution in [-0.4, -0.2) is 18.4 Å². The molecule has 126 valence electrons. The first-order chi connectivity index (χ1) is 12.1. The number of hydrogen-bond donors (Lipinski definition) is 0. The number of benzene rings is 2. The van der Waals surface area contributed by atoms with E-state index in [1.165, 1.54) is 0 Å². The third-order valence-corrected chi connectivity index (χ3v) is 4.85. The van der Waals surface area contributed by atoms with Crippen LogP contribution in [0.1, 0.15) is 30.4 Å². The molecule has 0 N–H and O–H groups in total. The van der Waals surface area contributed by atoms with Crippen LogP contribution >= 0.6 is 0 Å². The number of carbonyl (C=O) groups is 2. The predicted octanol–water partition coefficient (Wildman–Crippen LogP) is 3.38. The van der Waals surface area contributed by atoms with E-state index in [0.717, 1.165) is 11.1 Å². The molecule has 0 bridgehead atoms. The standard InChI is InChI=1S/C21H19NO3/c1-2-25-20(24)18-17(23)13-21(14-22,16-11-7-4-8-12-16)19(18)15-9-5-3-6-10-15/h3-12,18-19H,2,13H2,1H3. The molecule has 1 aliphatic carbocycles. The lowest BCUT2D eigenvalue weighted by atomic mass is 9.68. The second-order valence-corrected chi connectivity index (χ2v) is 6.21. The van der Waals surface area contributed by atoms with E-state index in [-0.39, 0.29) is 18.8 Å². The van der Waals surface area contributed by atoms with Crippen LogP contribution in [0.3, 0.4) is 0 Å². The third kappa shape index (κ3) is 2.83. The normalized spacial score (nSPS) is 25.4. The quantitative estimate of drug-likeness (QED) is 0.635. The summed E-state index contributed by atoms with van der Waals surface area (Å²) in [7, 11) is 0. The van der Waals surface area contributed by atoms with Crippen LogP contribution in [0.25, 0.3) is 0 Å². The molecule has 0 aliphatic heterocycles. The van der Waals surface area contributed by atoms with Crippen molar-refractivity contribution in [1.82, 2.24) is 0 Å². The molecular formula is C21H19NO3. The summed E-state index contributed by atoms with van der Waals surface area (Å²) in [4.78, 5) is 25.3. The molecule has 0 saturated heterocycles. The fourth-order valence-electron chi connectivity index (χ4n) is 3.79. The van der Waals surface area contributed by atoms with Gasteiger partial charge in [0.1, 0.15) is 11.7 Å². The van der Waals surface area contributed by atoms with Gasteiger partial charge in [-0.3, -0.25) is 9.59 Å². The Balaban J connectivity index is 2.19. The van der Waals surface area contributed by atoms with Crippen molar-refractivity contribution >= 4 is 11.8 Å². The Morgan fingerprint density at radius 2 is 1.76 bits per heavy atom. The van der Waals surface area contributed by atoms with Crippen LogP contribution in [0, 0.1) is 17.2 Å². The Hall–Kier alpha value is -2.93. The molecule has 0 spiro atoms. The van der Waals surface area contributed by atoms with Crippen molar-refractivity contribution in [3.05, 3.63) is 71.8 Å². The second kappa shape index (κ2) is 6.90. The maximum atomic E-state index is 12.8. The summed E-state index contributed by atoms with van der Waals surface area (Å²) in [5, 5.41) is 10.1. The molecule has 2 aromatic carbocycles. The lowest BCUT2D eigenvalue weighted by molar-refractivity contribution is -0.151. The van der Waals surface area contributed by atoms with E-state index in [1.807, 2.05) is 60.7 Å². The van der Waals surface area contributed by atoms with Gasteiger partial charge in [-0.15, -0.1) is 0 Å². The molecule has 2 aromatic rings. The van der Waals surface area contributed by atoms with E-state index in [1.54, 1.807) is 6.92 Å². The van der Waals surface area contributed by atoms with Crippen LogP contribution in [-0.2, 0) is 19.7 Å². The van der Waals surface area contributed by atoms with E-state index < -0.39 is 23.2 Å². The number of ketones is 1. The second-order valence-electron chi connectivity index (χ2n) is 6.21. The minimum absolute atomic E-state index is 0.0105. The zero-order valence-electron chi connectivity index (χ0n) is 14.0. The number of hydrogen-bond acceptors (Lipinski definition) is 4. The number of Topliss-reactive ketones (excluding diaryl/α,β-unsaturated/α-hetero) is 1. The van der Waals surface area contributed by atoms with Gasteiger partial charge < -0.3 is 4.74 Å². The number of nitrogens with zero attached hydrogens (tertiary/aromatic N) is 1. The highest BCUT2D eigenvalue weighted by Gasteiger charge is 2.58. The first-order valence-electron chi connectivity index (χ1n) is 8.35. The smallest absolute Gasteiger partial charge is 0.317 e. The van der Waals surface area contributed by atoms with Crippen LogP contribution in [0.4, 0.5) is 0 Å². The monoisotopic (exact) mass is 333 g/mol. The van der Waals surface area contributed by atoms with Crippen molar-refractivity contribution in [2.75, 3.05) is 6.61 Å². The molecule has 0 radical (unpaired) electrons. The van der Waals surface area contributed by atoms with Crippen molar-refractivity contribution in [3.63, 3.8) is 0 Å². The maximum Gasteiger partial charge on any atom is 0.317 e. The fraction of sp³-hybridized carbons (Fsp3) is 0.286. The lowest BCUT2D eigenvalue weighted by Gasteiger charge is -2.31. The van der Waals surface area contributed by atoms with Gasteiger partial charge in [-0.25, -0.2) is 0 Å². The van der Waals surface area contributed by atoms with E-state index in [2.05, 4.69) is 6.07 Å². The maximum absolute atomic E-state index is 12.8. The molecule has 3 rings (SSSR count). The van der Waals surface area contributed by atoms with Gasteiger partial charge in [0.2, 0.25) is 0 Å². The highest BCUT2D eigenvalue weighted by Crippen LogP contribution is 2.52. The molecule has 4 heteroatoms. The van der Waals surface area contributed by atoms with Crippen LogP contribution < -0.4 is 0 Å². The molecule has 25 heavy (non-hydrogen) atoms. The lowest BCUT2D eigenvalue weighted by Crippen LogP contribution is -2.33. The van der Waals surface area contributed by atoms with E-state index in [9.17, 15) is 14.9 Å². The van der Waals surface area contributed by atoms with Crippen molar-refractivity contribution in [3.8, 4) is 6.07 Å². The zero-order valence-corrected chi connectivity index (χ0v) is 14.0. The number of esters is 1. The summed E-state index contributed by atoms with van der Waals surface area (Å²) in [5.41, 5.74) is 0.486. The van der Waals surface area contributed by atoms with Crippen LogP contribution in [0.2, 0.25) is 0 Å². The topological polar surface area (TPSA) is 67.2 Å². The summed E-state index contributed by atoms with van der Waals surface area (Å²) in [6.07, 6.45) is 0.0105. The van der Waals surface area contributed by atoms with E-state index >= 15 is 0 Å². The SMILES string of the molecule is CCOC(=O)C1C(=O)CC(C#N)(c2ccccc2)C1c1ccccc1. The summed E-state index contributed by atoms with van der Waals surface area (Å²) in [5.74, 6) is -2.30. The molecule has 0 heterocycles. The Morgan fingerprint density at radius 3 is 2.32 bits per heavy atom. The van der Waals surface area contributed by atoms with Gasteiger partial charge >= 0.3 is 5.97 Å². The largest absolute Gasteiger partial charge is 0.465 e. The van der Waals surface area contributed by atoms with E-state index in [4.69, 9.17) is 4.74 Å². The minimum atomic E-state index is -1.07. The summed E-state index contributed by atoms with van der Waals surface area (Å²) < 4.78 is 5.15. The number of carbonyl (C=O) groups excluding carboxylic acids is 2. The summed E-state index contributed by atoms with van der Waals surface area (Å²) >= 11 is 0. The van der Waals surface area contributed by atoms with Gasteiger partial charge in [0.25, 0.3) is 0 Å². The molecule has 0 amide bonds. The predicted molar refractivity (Wildman–Crippen MR) is 92.7 cm³/mol. The van der Waals surface area contributed by atoms with Gasteiger partial charge in [0, 0.05) is 12.3 Å².